The van der Waals surface area contributed by atoms with E-state index < -0.39 is 0 Å². The fourth-order valence-electron chi connectivity index (χ4n) is 2.23. The number of nitrogens with one attached hydrogen (secondary N) is 1. The lowest BCUT2D eigenvalue weighted by atomic mass is 9.96. The van der Waals surface area contributed by atoms with Gasteiger partial charge in [0.2, 0.25) is 5.91 Å². The molecule has 1 N–H and O–H groups in total. The van der Waals surface area contributed by atoms with E-state index in [4.69, 9.17) is 5.26 Å². The Morgan fingerprint density at radius 1 is 1.37 bits per heavy atom. The Labute approximate surface area is 121 Å². The maximum atomic E-state index is 12.1. The lowest BCUT2D eigenvalue weighted by Gasteiger charge is -2.29. The molecule has 1 saturated heterocycles. The number of rotatable bonds is 3. The van der Waals surface area contributed by atoms with Crippen LogP contribution in [0.25, 0.3) is 0 Å². The highest BCUT2D eigenvalue weighted by Crippen LogP contribution is 2.20. The van der Waals surface area contributed by atoms with Crippen molar-refractivity contribution in [3.8, 4) is 6.07 Å². The van der Waals surface area contributed by atoms with E-state index in [9.17, 15) is 4.79 Å². The number of carbonyl (C=O) groups excluding carboxylic acids is 1. The van der Waals surface area contributed by atoms with Gasteiger partial charge in [0.15, 0.2) is 0 Å². The van der Waals surface area contributed by atoms with Crippen molar-refractivity contribution in [2.24, 2.45) is 5.92 Å². The molecule has 100 valence electrons. The zero-order valence-electron chi connectivity index (χ0n) is 10.6. The van der Waals surface area contributed by atoms with Gasteiger partial charge in [0, 0.05) is 16.1 Å². The van der Waals surface area contributed by atoms with Crippen LogP contribution in [0.4, 0.5) is 5.69 Å². The molecule has 1 aromatic rings. The first kappa shape index (κ1) is 14.0. The second-order valence-electron chi connectivity index (χ2n) is 4.70. The summed E-state index contributed by atoms with van der Waals surface area (Å²) in [4.78, 5) is 14.2. The molecule has 19 heavy (non-hydrogen) atoms. The molecule has 0 unspecified atom stereocenters. The van der Waals surface area contributed by atoms with Gasteiger partial charge in [-0.05, 0) is 50.2 Å². The van der Waals surface area contributed by atoms with Crippen molar-refractivity contribution in [2.45, 2.75) is 12.8 Å². The molecule has 0 bridgehead atoms. The Balaban J connectivity index is 1.85. The average Bonchev–Trinajstić information content (AvgIpc) is 2.42. The minimum Gasteiger partial charge on any atom is -0.326 e. The Bertz CT molecular complexity index is 472. The summed E-state index contributed by atoms with van der Waals surface area (Å²) < 4.78 is 0.996. The van der Waals surface area contributed by atoms with Crippen molar-refractivity contribution >= 4 is 27.5 Å². The topological polar surface area (TPSA) is 56.1 Å². The zero-order chi connectivity index (χ0) is 13.7. The lowest BCUT2D eigenvalue weighted by Crippen LogP contribution is -2.38. The quantitative estimate of drug-likeness (QED) is 0.871. The van der Waals surface area contributed by atoms with Crippen molar-refractivity contribution < 1.29 is 4.79 Å². The number of hydrogen-bond acceptors (Lipinski definition) is 3. The number of benzene rings is 1. The molecule has 1 aliphatic heterocycles. The van der Waals surface area contributed by atoms with Crippen LogP contribution in [0.5, 0.6) is 0 Å². The van der Waals surface area contributed by atoms with E-state index in [1.807, 2.05) is 24.3 Å². The van der Waals surface area contributed by atoms with Crippen LogP contribution in [0.2, 0.25) is 0 Å². The molecule has 1 aromatic carbocycles. The van der Waals surface area contributed by atoms with Gasteiger partial charge in [0.05, 0.1) is 12.6 Å². The summed E-state index contributed by atoms with van der Waals surface area (Å²) in [5.74, 6) is 0.137. The largest absolute Gasteiger partial charge is 0.326 e. The molecule has 2 rings (SSSR count). The number of halogens is 1. The fraction of sp³-hybridized carbons (Fsp3) is 0.429. The zero-order valence-corrected chi connectivity index (χ0v) is 12.2. The number of nitrogens with zero attached hydrogens (tertiary/aromatic N) is 2. The molecule has 1 fully saturated rings. The van der Waals surface area contributed by atoms with Gasteiger partial charge in [0.25, 0.3) is 0 Å². The van der Waals surface area contributed by atoms with Gasteiger partial charge in [-0.15, -0.1) is 0 Å². The second-order valence-corrected chi connectivity index (χ2v) is 5.62. The van der Waals surface area contributed by atoms with Crippen LogP contribution in [0.1, 0.15) is 12.8 Å². The molecule has 1 aliphatic rings. The average molecular weight is 322 g/mol. The molecule has 1 heterocycles. The van der Waals surface area contributed by atoms with Gasteiger partial charge in [-0.2, -0.15) is 5.26 Å². The summed E-state index contributed by atoms with van der Waals surface area (Å²) in [5, 5.41) is 11.6. The molecular weight excluding hydrogens is 306 g/mol. The Morgan fingerprint density at radius 2 is 2.00 bits per heavy atom. The number of carbonyl (C=O) groups is 1. The number of piperidine rings is 1. The van der Waals surface area contributed by atoms with Crippen molar-refractivity contribution in [3.05, 3.63) is 28.7 Å². The molecule has 1 amide bonds. The van der Waals surface area contributed by atoms with Crippen molar-refractivity contribution in [1.29, 1.82) is 5.26 Å². The first-order valence-corrected chi connectivity index (χ1v) is 7.14. The summed E-state index contributed by atoms with van der Waals surface area (Å²) in [6, 6.07) is 9.73. The van der Waals surface area contributed by atoms with Crippen LogP contribution >= 0.6 is 15.9 Å². The highest BCUT2D eigenvalue weighted by Gasteiger charge is 2.24. The smallest absolute Gasteiger partial charge is 0.227 e. The number of amides is 1. The van der Waals surface area contributed by atoms with Crippen molar-refractivity contribution in [3.63, 3.8) is 0 Å². The molecule has 0 spiro atoms. The normalized spacial score (nSPS) is 16.8. The molecule has 4 nitrogen and oxygen atoms in total. The fourth-order valence-corrected chi connectivity index (χ4v) is 2.50. The molecule has 0 saturated carbocycles. The molecule has 0 atom stereocenters. The van der Waals surface area contributed by atoms with Crippen molar-refractivity contribution in [1.82, 2.24) is 4.90 Å². The second kappa shape index (κ2) is 6.69. The van der Waals surface area contributed by atoms with E-state index in [1.54, 1.807) is 0 Å². The number of likely N-dealkylation sites (tertiary alicyclic amines) is 1. The highest BCUT2D eigenvalue weighted by molar-refractivity contribution is 9.10. The van der Waals surface area contributed by atoms with Crippen LogP contribution < -0.4 is 5.32 Å². The first-order chi connectivity index (χ1) is 9.19. The third-order valence-electron chi connectivity index (χ3n) is 3.36. The first-order valence-electron chi connectivity index (χ1n) is 6.35. The van der Waals surface area contributed by atoms with E-state index >= 15 is 0 Å². The number of anilines is 1. The molecule has 0 aromatic heterocycles. The highest BCUT2D eigenvalue weighted by atomic mass is 79.9. The molecule has 0 radical (unpaired) electrons. The van der Waals surface area contributed by atoms with Crippen LogP contribution in [-0.2, 0) is 4.79 Å². The van der Waals surface area contributed by atoms with Gasteiger partial charge >= 0.3 is 0 Å². The minimum absolute atomic E-state index is 0.0542. The van der Waals surface area contributed by atoms with Gasteiger partial charge in [-0.1, -0.05) is 15.9 Å². The van der Waals surface area contributed by atoms with E-state index in [0.717, 1.165) is 36.1 Å². The standard InChI is InChI=1S/C14H16BrN3O/c15-12-1-3-13(4-2-12)17-14(19)11-5-8-18(9-6-11)10-7-16/h1-4,11H,5-6,8-10H2,(H,17,19). The summed E-state index contributed by atoms with van der Waals surface area (Å²) in [6.07, 6.45) is 1.65. The Morgan fingerprint density at radius 3 is 2.58 bits per heavy atom. The SMILES string of the molecule is N#CCN1CCC(C(=O)Nc2ccc(Br)cc2)CC1. The minimum atomic E-state index is 0.0542. The van der Waals surface area contributed by atoms with E-state index in [0.29, 0.717) is 6.54 Å². The maximum absolute atomic E-state index is 12.1. The Hall–Kier alpha value is -1.38. The van der Waals surface area contributed by atoms with E-state index in [1.165, 1.54) is 0 Å². The number of nitriles is 1. The summed E-state index contributed by atoms with van der Waals surface area (Å²) in [5.41, 5.74) is 0.827. The Kier molecular flexibility index (Phi) is 4.94. The van der Waals surface area contributed by atoms with Gasteiger partial charge in [-0.3, -0.25) is 9.69 Å². The predicted octanol–water partition coefficient (Wildman–Crippen LogP) is 2.62. The molecule has 5 heteroatoms. The van der Waals surface area contributed by atoms with Gasteiger partial charge in [-0.25, -0.2) is 0 Å². The van der Waals surface area contributed by atoms with Crippen LogP contribution in [0, 0.1) is 17.2 Å². The van der Waals surface area contributed by atoms with E-state index in [-0.39, 0.29) is 11.8 Å². The van der Waals surface area contributed by atoms with Gasteiger partial charge in [0.1, 0.15) is 0 Å². The molecule has 0 aliphatic carbocycles. The summed E-state index contributed by atoms with van der Waals surface area (Å²) in [6.45, 7) is 2.11. The van der Waals surface area contributed by atoms with Crippen LogP contribution in [0.3, 0.4) is 0 Å². The van der Waals surface area contributed by atoms with Gasteiger partial charge < -0.3 is 5.32 Å². The molecular formula is C14H16BrN3O. The van der Waals surface area contributed by atoms with E-state index in [2.05, 4.69) is 32.2 Å². The summed E-state index contributed by atoms with van der Waals surface area (Å²) in [7, 11) is 0. The van der Waals surface area contributed by atoms with Crippen LogP contribution in [0.15, 0.2) is 28.7 Å². The van der Waals surface area contributed by atoms with Crippen LogP contribution in [-0.4, -0.2) is 30.4 Å². The maximum Gasteiger partial charge on any atom is 0.227 e. The predicted molar refractivity (Wildman–Crippen MR) is 77.5 cm³/mol. The monoisotopic (exact) mass is 321 g/mol. The summed E-state index contributed by atoms with van der Waals surface area (Å²) >= 11 is 3.37. The number of hydrogen-bond donors (Lipinski definition) is 1. The van der Waals surface area contributed by atoms with Crippen molar-refractivity contribution in [2.75, 3.05) is 25.0 Å². The third-order valence-corrected chi connectivity index (χ3v) is 3.89. The third kappa shape index (κ3) is 4.05. The lowest BCUT2D eigenvalue weighted by molar-refractivity contribution is -0.121.